The number of hydrogen-bond donors (Lipinski definition) is 1. The molecular formula is C15H13Cl2N3O4. The van der Waals surface area contributed by atoms with Gasteiger partial charge in [0, 0.05) is 0 Å². The van der Waals surface area contributed by atoms with Crippen LogP contribution in [0.25, 0.3) is 0 Å². The average Bonchev–Trinajstić information content (AvgIpc) is 2.60. The van der Waals surface area contributed by atoms with Crippen LogP contribution in [0.5, 0.6) is 11.5 Å². The molecule has 0 unspecified atom stereocenters. The van der Waals surface area contributed by atoms with Crippen LogP contribution >= 0.6 is 23.2 Å². The molecule has 0 bridgehead atoms. The van der Waals surface area contributed by atoms with Crippen molar-refractivity contribution in [3.05, 3.63) is 50.9 Å². The SMILES string of the molecule is O=C(Cn1ncc(Cl)c(Cl)c1=O)NC[C@@H]1COc2ccccc2O1. The molecule has 9 heteroatoms. The lowest BCUT2D eigenvalue weighted by atomic mass is 10.2. The molecule has 1 aromatic carbocycles. The number of nitrogens with one attached hydrogen (secondary N) is 1. The molecule has 1 aliphatic rings. The average molecular weight is 370 g/mol. The van der Waals surface area contributed by atoms with E-state index in [1.165, 1.54) is 6.20 Å². The summed E-state index contributed by atoms with van der Waals surface area (Å²) in [5, 5.41) is 6.33. The van der Waals surface area contributed by atoms with Gasteiger partial charge in [-0.05, 0) is 12.1 Å². The van der Waals surface area contributed by atoms with E-state index in [1.54, 1.807) is 6.07 Å². The maximum Gasteiger partial charge on any atom is 0.287 e. The summed E-state index contributed by atoms with van der Waals surface area (Å²) in [5.74, 6) is 0.905. The van der Waals surface area contributed by atoms with Crippen molar-refractivity contribution in [3.63, 3.8) is 0 Å². The van der Waals surface area contributed by atoms with Gasteiger partial charge in [0.05, 0.1) is 17.8 Å². The standard InChI is InChI=1S/C15H13Cl2N3O4/c16-10-6-19-20(15(22)14(10)17)7-13(21)18-5-9-8-23-11-3-1-2-4-12(11)24-9/h1-4,6,9H,5,7-8H2,(H,18,21)/t9-/m1/s1. The van der Waals surface area contributed by atoms with Gasteiger partial charge in [-0.1, -0.05) is 35.3 Å². The van der Waals surface area contributed by atoms with Gasteiger partial charge in [0.25, 0.3) is 5.56 Å². The minimum absolute atomic E-state index is 0.0461. The fourth-order valence-electron chi connectivity index (χ4n) is 2.14. The monoisotopic (exact) mass is 369 g/mol. The van der Waals surface area contributed by atoms with Crippen LogP contribution in [0.3, 0.4) is 0 Å². The Kier molecular flexibility index (Phi) is 4.92. The number of benzene rings is 1. The van der Waals surface area contributed by atoms with Crippen LogP contribution in [0.2, 0.25) is 10.0 Å². The van der Waals surface area contributed by atoms with Crippen molar-refractivity contribution in [3.8, 4) is 11.5 Å². The summed E-state index contributed by atoms with van der Waals surface area (Å²) in [7, 11) is 0. The van der Waals surface area contributed by atoms with Gasteiger partial charge < -0.3 is 14.8 Å². The number of halogens is 2. The number of fused-ring (bicyclic) bond motifs is 1. The first-order chi connectivity index (χ1) is 11.5. The van der Waals surface area contributed by atoms with E-state index in [0.717, 1.165) is 4.68 Å². The van der Waals surface area contributed by atoms with Crippen molar-refractivity contribution in [1.29, 1.82) is 0 Å². The zero-order chi connectivity index (χ0) is 17.1. The topological polar surface area (TPSA) is 82.5 Å². The highest BCUT2D eigenvalue weighted by Crippen LogP contribution is 2.30. The van der Waals surface area contributed by atoms with E-state index in [-0.39, 0.29) is 29.2 Å². The molecule has 24 heavy (non-hydrogen) atoms. The summed E-state index contributed by atoms with van der Waals surface area (Å²) in [6.07, 6.45) is 0.899. The number of para-hydroxylation sites is 2. The van der Waals surface area contributed by atoms with Gasteiger partial charge in [-0.3, -0.25) is 9.59 Å². The van der Waals surface area contributed by atoms with E-state index in [0.29, 0.717) is 18.1 Å². The van der Waals surface area contributed by atoms with Crippen molar-refractivity contribution in [2.75, 3.05) is 13.2 Å². The quantitative estimate of drug-likeness (QED) is 0.882. The fraction of sp³-hybridized carbons (Fsp3) is 0.267. The molecule has 1 atom stereocenters. The minimum atomic E-state index is -0.620. The van der Waals surface area contributed by atoms with Gasteiger partial charge >= 0.3 is 0 Å². The number of carbonyl (C=O) groups is 1. The number of carbonyl (C=O) groups excluding carboxylic acids is 1. The largest absolute Gasteiger partial charge is 0.486 e. The maximum atomic E-state index is 12.0. The van der Waals surface area contributed by atoms with Crippen LogP contribution in [0.1, 0.15) is 0 Å². The summed E-state index contributed by atoms with van der Waals surface area (Å²) in [6, 6.07) is 7.30. The van der Waals surface area contributed by atoms with Crippen LogP contribution in [0, 0.1) is 0 Å². The van der Waals surface area contributed by atoms with Gasteiger partial charge in [-0.25, -0.2) is 4.68 Å². The van der Waals surface area contributed by atoms with Crippen LogP contribution in [-0.2, 0) is 11.3 Å². The molecule has 0 radical (unpaired) electrons. The maximum absolute atomic E-state index is 12.0. The highest BCUT2D eigenvalue weighted by atomic mass is 35.5. The summed E-state index contributed by atoms with van der Waals surface area (Å²) < 4.78 is 12.2. The van der Waals surface area contributed by atoms with Crippen molar-refractivity contribution in [1.82, 2.24) is 15.1 Å². The second-order valence-corrected chi connectivity index (χ2v) is 5.86. The van der Waals surface area contributed by atoms with Crippen molar-refractivity contribution < 1.29 is 14.3 Å². The lowest BCUT2D eigenvalue weighted by Crippen LogP contribution is -2.42. The van der Waals surface area contributed by atoms with Gasteiger partial charge in [0.1, 0.15) is 24.3 Å². The normalized spacial score (nSPS) is 15.8. The van der Waals surface area contributed by atoms with Crippen molar-refractivity contribution in [2.24, 2.45) is 0 Å². The molecule has 3 rings (SSSR count). The Labute approximate surface area is 147 Å². The smallest absolute Gasteiger partial charge is 0.287 e. The fourth-order valence-corrected chi connectivity index (χ4v) is 2.41. The van der Waals surface area contributed by atoms with E-state index >= 15 is 0 Å². The molecular weight excluding hydrogens is 357 g/mol. The van der Waals surface area contributed by atoms with Gasteiger partial charge in [-0.2, -0.15) is 5.10 Å². The van der Waals surface area contributed by atoms with E-state index in [9.17, 15) is 9.59 Å². The summed E-state index contributed by atoms with van der Waals surface area (Å²) in [6.45, 7) is 0.297. The van der Waals surface area contributed by atoms with Gasteiger partial charge in [0.15, 0.2) is 11.5 Å². The van der Waals surface area contributed by atoms with Crippen LogP contribution in [0.4, 0.5) is 0 Å². The highest BCUT2D eigenvalue weighted by molar-refractivity contribution is 6.41. The molecule has 7 nitrogen and oxygen atoms in total. The van der Waals surface area contributed by atoms with Crippen LogP contribution in [-0.4, -0.2) is 34.9 Å². The molecule has 126 valence electrons. The molecule has 1 aliphatic heterocycles. The molecule has 0 fully saturated rings. The molecule has 0 saturated heterocycles. The Balaban J connectivity index is 1.55. The first kappa shape index (κ1) is 16.6. The number of rotatable bonds is 4. The summed E-state index contributed by atoms with van der Waals surface area (Å²) in [4.78, 5) is 23.8. The van der Waals surface area contributed by atoms with Gasteiger partial charge in [-0.15, -0.1) is 0 Å². The Morgan fingerprint density at radius 1 is 1.33 bits per heavy atom. The zero-order valence-corrected chi connectivity index (χ0v) is 13.9. The predicted octanol–water partition coefficient (Wildman–Crippen LogP) is 1.51. The van der Waals surface area contributed by atoms with Crippen LogP contribution < -0.4 is 20.3 Å². The lowest BCUT2D eigenvalue weighted by molar-refractivity contribution is -0.122. The van der Waals surface area contributed by atoms with Crippen molar-refractivity contribution in [2.45, 2.75) is 12.6 Å². The highest BCUT2D eigenvalue weighted by Gasteiger charge is 2.21. The van der Waals surface area contributed by atoms with Crippen LogP contribution in [0.15, 0.2) is 35.3 Å². The second kappa shape index (κ2) is 7.11. The number of aromatic nitrogens is 2. The molecule has 1 N–H and O–H groups in total. The molecule has 0 spiro atoms. The Hall–Kier alpha value is -2.25. The second-order valence-electron chi connectivity index (χ2n) is 5.07. The van der Waals surface area contributed by atoms with E-state index < -0.39 is 11.5 Å². The first-order valence-electron chi connectivity index (χ1n) is 7.11. The molecule has 1 amide bonds. The Morgan fingerprint density at radius 2 is 2.08 bits per heavy atom. The number of hydrogen-bond acceptors (Lipinski definition) is 5. The minimum Gasteiger partial charge on any atom is -0.486 e. The molecule has 2 aromatic rings. The Morgan fingerprint density at radius 3 is 2.88 bits per heavy atom. The molecule has 0 saturated carbocycles. The Bertz CT molecular complexity index is 825. The molecule has 2 heterocycles. The van der Waals surface area contributed by atoms with E-state index in [4.69, 9.17) is 32.7 Å². The number of nitrogens with zero attached hydrogens (tertiary/aromatic N) is 2. The van der Waals surface area contributed by atoms with E-state index in [1.807, 2.05) is 18.2 Å². The first-order valence-corrected chi connectivity index (χ1v) is 7.86. The third-order valence-corrected chi connectivity index (χ3v) is 4.08. The zero-order valence-electron chi connectivity index (χ0n) is 12.4. The van der Waals surface area contributed by atoms with Crippen molar-refractivity contribution >= 4 is 29.1 Å². The third-order valence-electron chi connectivity index (χ3n) is 3.33. The third kappa shape index (κ3) is 3.63. The summed E-state index contributed by atoms with van der Waals surface area (Å²) in [5.41, 5.74) is -0.620. The number of amides is 1. The lowest BCUT2D eigenvalue weighted by Gasteiger charge is -2.26. The number of ether oxygens (including phenoxy) is 2. The summed E-state index contributed by atoms with van der Waals surface area (Å²) >= 11 is 11.4. The van der Waals surface area contributed by atoms with Gasteiger partial charge in [0.2, 0.25) is 5.91 Å². The molecule has 1 aromatic heterocycles. The molecule has 0 aliphatic carbocycles. The van der Waals surface area contributed by atoms with E-state index in [2.05, 4.69) is 10.4 Å². The predicted molar refractivity (Wildman–Crippen MR) is 87.9 cm³/mol.